The van der Waals surface area contributed by atoms with Crippen LogP contribution in [0.2, 0.25) is 10.0 Å². The Hall–Kier alpha value is -1.49. The summed E-state index contributed by atoms with van der Waals surface area (Å²) in [5, 5.41) is 5.27. The van der Waals surface area contributed by atoms with Crippen LogP contribution in [0.5, 0.6) is 0 Å². The van der Waals surface area contributed by atoms with Crippen molar-refractivity contribution in [3.05, 3.63) is 68.2 Å². The Morgan fingerprint density at radius 2 is 1.80 bits per heavy atom. The van der Waals surface area contributed by atoms with Crippen molar-refractivity contribution in [1.29, 1.82) is 0 Å². The van der Waals surface area contributed by atoms with Crippen LogP contribution in [0.4, 0.5) is 0 Å². The van der Waals surface area contributed by atoms with Gasteiger partial charge in [-0.05, 0) is 60.7 Å². The molecule has 0 radical (unpaired) electrons. The van der Waals surface area contributed by atoms with Crippen LogP contribution in [0, 0.1) is 20.8 Å². The third kappa shape index (κ3) is 5.50. The lowest BCUT2D eigenvalue weighted by Gasteiger charge is -2.07. The standard InChI is InChI=1S/C19H20Cl2N2OS/c1-12-7-8-15(14(3)13(12)2)9-22-23-19(24)11-25-10-16-17(20)5-4-6-18(16)21/h4-9H,10-11H2,1-3H3,(H,23,24)/b22-9-. The van der Waals surface area contributed by atoms with Gasteiger partial charge in [-0.3, -0.25) is 4.79 Å². The Labute approximate surface area is 162 Å². The van der Waals surface area contributed by atoms with Crippen molar-refractivity contribution in [2.75, 3.05) is 5.75 Å². The van der Waals surface area contributed by atoms with E-state index in [4.69, 9.17) is 23.2 Å². The lowest BCUT2D eigenvalue weighted by atomic mass is 10.00. The molecule has 2 rings (SSSR count). The minimum atomic E-state index is -0.161. The Morgan fingerprint density at radius 3 is 2.48 bits per heavy atom. The van der Waals surface area contributed by atoms with Crippen molar-refractivity contribution in [1.82, 2.24) is 5.43 Å². The lowest BCUT2D eigenvalue weighted by molar-refractivity contribution is -0.118. The van der Waals surface area contributed by atoms with E-state index in [1.54, 1.807) is 24.4 Å². The summed E-state index contributed by atoms with van der Waals surface area (Å²) in [6.45, 7) is 6.21. The van der Waals surface area contributed by atoms with E-state index in [1.807, 2.05) is 6.07 Å². The molecular formula is C19H20Cl2N2OS. The molecule has 6 heteroatoms. The highest BCUT2D eigenvalue weighted by Gasteiger charge is 2.07. The smallest absolute Gasteiger partial charge is 0.250 e. The van der Waals surface area contributed by atoms with Crippen LogP contribution in [0.3, 0.4) is 0 Å². The van der Waals surface area contributed by atoms with Gasteiger partial charge >= 0.3 is 0 Å². The second kappa shape index (κ2) is 9.27. The molecule has 25 heavy (non-hydrogen) atoms. The van der Waals surface area contributed by atoms with E-state index >= 15 is 0 Å². The molecule has 0 aromatic heterocycles. The number of hydrogen-bond acceptors (Lipinski definition) is 3. The number of carbonyl (C=O) groups is 1. The predicted octanol–water partition coefficient (Wildman–Crippen LogP) is 5.30. The molecule has 0 atom stereocenters. The van der Waals surface area contributed by atoms with Crippen molar-refractivity contribution in [2.24, 2.45) is 5.10 Å². The zero-order valence-corrected chi connectivity index (χ0v) is 16.7. The van der Waals surface area contributed by atoms with E-state index in [2.05, 4.69) is 37.4 Å². The van der Waals surface area contributed by atoms with Gasteiger partial charge in [-0.15, -0.1) is 11.8 Å². The highest BCUT2D eigenvalue weighted by Crippen LogP contribution is 2.28. The zero-order valence-electron chi connectivity index (χ0n) is 14.4. The molecule has 1 N–H and O–H groups in total. The fourth-order valence-corrected chi connectivity index (χ4v) is 3.80. The molecule has 0 bridgehead atoms. The molecule has 0 heterocycles. The molecule has 0 spiro atoms. The zero-order chi connectivity index (χ0) is 18.4. The molecule has 2 aromatic rings. The van der Waals surface area contributed by atoms with Gasteiger partial charge in [0.2, 0.25) is 5.91 Å². The average Bonchev–Trinajstić information content (AvgIpc) is 2.57. The summed E-state index contributed by atoms with van der Waals surface area (Å²) in [7, 11) is 0. The van der Waals surface area contributed by atoms with Gasteiger partial charge in [0.05, 0.1) is 12.0 Å². The Kier molecular flexibility index (Phi) is 7.36. The van der Waals surface area contributed by atoms with Crippen molar-refractivity contribution >= 4 is 47.1 Å². The van der Waals surface area contributed by atoms with Crippen molar-refractivity contribution in [3.63, 3.8) is 0 Å². The number of halogens is 2. The van der Waals surface area contributed by atoms with Crippen LogP contribution in [-0.4, -0.2) is 17.9 Å². The highest BCUT2D eigenvalue weighted by atomic mass is 35.5. The minimum Gasteiger partial charge on any atom is -0.272 e. The number of nitrogens with zero attached hydrogens (tertiary/aromatic N) is 1. The molecule has 0 aliphatic carbocycles. The van der Waals surface area contributed by atoms with E-state index < -0.39 is 0 Å². The van der Waals surface area contributed by atoms with Gasteiger partial charge in [-0.25, -0.2) is 5.43 Å². The summed E-state index contributed by atoms with van der Waals surface area (Å²) in [5.41, 5.74) is 8.05. The lowest BCUT2D eigenvalue weighted by Crippen LogP contribution is -2.19. The van der Waals surface area contributed by atoms with Gasteiger partial charge in [0.1, 0.15) is 0 Å². The normalized spacial score (nSPS) is 11.1. The van der Waals surface area contributed by atoms with Crippen molar-refractivity contribution < 1.29 is 4.79 Å². The maximum absolute atomic E-state index is 11.9. The third-order valence-electron chi connectivity index (χ3n) is 4.03. The first-order valence-corrected chi connectivity index (χ1v) is 9.70. The van der Waals surface area contributed by atoms with E-state index in [0.717, 1.165) is 11.1 Å². The van der Waals surface area contributed by atoms with Crippen molar-refractivity contribution in [3.8, 4) is 0 Å². The molecule has 0 saturated carbocycles. The van der Waals surface area contributed by atoms with Gasteiger partial charge in [0.25, 0.3) is 0 Å². The average molecular weight is 395 g/mol. The number of thioether (sulfide) groups is 1. The van der Waals surface area contributed by atoms with E-state index in [-0.39, 0.29) is 11.7 Å². The van der Waals surface area contributed by atoms with Crippen molar-refractivity contribution in [2.45, 2.75) is 26.5 Å². The number of benzene rings is 2. The maximum atomic E-state index is 11.9. The van der Waals surface area contributed by atoms with Crippen LogP contribution < -0.4 is 5.43 Å². The molecule has 0 saturated heterocycles. The number of aryl methyl sites for hydroxylation is 1. The number of rotatable bonds is 6. The molecule has 132 valence electrons. The first kappa shape index (κ1) is 19.8. The second-order valence-electron chi connectivity index (χ2n) is 5.71. The van der Waals surface area contributed by atoms with Crippen LogP contribution in [-0.2, 0) is 10.5 Å². The molecule has 0 aliphatic rings. The van der Waals surface area contributed by atoms with Crippen LogP contribution in [0.15, 0.2) is 35.4 Å². The molecule has 0 fully saturated rings. The van der Waals surface area contributed by atoms with E-state index in [1.165, 1.54) is 28.5 Å². The number of hydrazone groups is 1. The molecule has 2 aromatic carbocycles. The van der Waals surface area contributed by atoms with Gasteiger partial charge in [0.15, 0.2) is 0 Å². The topological polar surface area (TPSA) is 41.5 Å². The summed E-state index contributed by atoms with van der Waals surface area (Å²) >= 11 is 13.7. The number of hydrogen-bond donors (Lipinski definition) is 1. The maximum Gasteiger partial charge on any atom is 0.250 e. The fourth-order valence-electron chi connectivity index (χ4n) is 2.24. The van der Waals surface area contributed by atoms with E-state index in [0.29, 0.717) is 15.8 Å². The summed E-state index contributed by atoms with van der Waals surface area (Å²) in [6.07, 6.45) is 1.68. The fraction of sp³-hybridized carbons (Fsp3) is 0.263. The largest absolute Gasteiger partial charge is 0.272 e. The highest BCUT2D eigenvalue weighted by molar-refractivity contribution is 7.99. The van der Waals surface area contributed by atoms with Gasteiger partial charge in [0, 0.05) is 15.8 Å². The number of nitrogens with one attached hydrogen (secondary N) is 1. The van der Waals surface area contributed by atoms with Gasteiger partial charge in [-0.1, -0.05) is 41.4 Å². The molecular weight excluding hydrogens is 375 g/mol. The molecule has 0 unspecified atom stereocenters. The summed E-state index contributed by atoms with van der Waals surface area (Å²) in [5.74, 6) is 0.697. The third-order valence-corrected chi connectivity index (χ3v) is 5.70. The predicted molar refractivity (Wildman–Crippen MR) is 109 cm³/mol. The second-order valence-corrected chi connectivity index (χ2v) is 7.51. The monoisotopic (exact) mass is 394 g/mol. The Bertz CT molecular complexity index is 786. The Morgan fingerprint density at radius 1 is 1.12 bits per heavy atom. The first-order valence-electron chi connectivity index (χ1n) is 7.79. The molecule has 1 amide bonds. The molecule has 0 aliphatic heterocycles. The van der Waals surface area contributed by atoms with E-state index in [9.17, 15) is 4.79 Å². The quantitative estimate of drug-likeness (QED) is 0.533. The SMILES string of the molecule is Cc1ccc(/C=N\NC(=O)CSCc2c(Cl)cccc2Cl)c(C)c1C. The summed E-state index contributed by atoms with van der Waals surface area (Å²) in [6, 6.07) is 9.43. The minimum absolute atomic E-state index is 0.161. The Balaban J connectivity index is 1.84. The number of amides is 1. The summed E-state index contributed by atoms with van der Waals surface area (Å²) in [4.78, 5) is 11.9. The summed E-state index contributed by atoms with van der Waals surface area (Å²) < 4.78 is 0. The van der Waals surface area contributed by atoms with Gasteiger partial charge < -0.3 is 0 Å². The molecule has 3 nitrogen and oxygen atoms in total. The van der Waals surface area contributed by atoms with Crippen LogP contribution in [0.1, 0.15) is 27.8 Å². The first-order chi connectivity index (χ1) is 11.9. The van der Waals surface area contributed by atoms with Crippen LogP contribution in [0.25, 0.3) is 0 Å². The van der Waals surface area contributed by atoms with Crippen LogP contribution >= 0.6 is 35.0 Å². The number of carbonyl (C=O) groups excluding carboxylic acids is 1. The van der Waals surface area contributed by atoms with Gasteiger partial charge in [-0.2, -0.15) is 5.10 Å².